The fraction of sp³-hybridized carbons (Fsp3) is 0.600. The number of aromatic nitrogens is 2. The molecule has 1 heterocycles. The Bertz CT molecular complexity index is 227. The Morgan fingerprint density at radius 3 is 3.00 bits per heavy atom. The summed E-state index contributed by atoms with van der Waals surface area (Å²) in [5.74, 6) is 0.813. The van der Waals surface area contributed by atoms with Gasteiger partial charge >= 0.3 is 4.87 Å². The highest BCUT2D eigenvalue weighted by Crippen LogP contribution is 1.92. The minimum atomic E-state index is -0.0570. The summed E-state index contributed by atoms with van der Waals surface area (Å²) in [6.45, 7) is 2.05. The lowest BCUT2D eigenvalue weighted by molar-refractivity contribution is 0.857. The van der Waals surface area contributed by atoms with Gasteiger partial charge in [0.15, 0.2) is 0 Å². The van der Waals surface area contributed by atoms with Crippen molar-refractivity contribution in [1.29, 1.82) is 0 Å². The summed E-state index contributed by atoms with van der Waals surface area (Å²) in [4.78, 5) is 13.0. The zero-order valence-electron chi connectivity index (χ0n) is 5.18. The summed E-state index contributed by atoms with van der Waals surface area (Å²) < 4.78 is 3.88. The maximum Gasteiger partial charge on any atom is 0.323 e. The molecular weight excluding hydrogens is 136 g/mol. The van der Waals surface area contributed by atoms with Crippen LogP contribution in [0.1, 0.15) is 19.2 Å². The van der Waals surface area contributed by atoms with E-state index in [0.29, 0.717) is 0 Å². The van der Waals surface area contributed by atoms with Crippen LogP contribution in [0.25, 0.3) is 0 Å². The number of rotatable bonds is 2. The number of nitrogens with one attached hydrogen (secondary N) is 1. The van der Waals surface area contributed by atoms with Gasteiger partial charge in [-0.1, -0.05) is 6.92 Å². The molecule has 1 aromatic rings. The molecule has 0 bridgehead atoms. The van der Waals surface area contributed by atoms with Crippen LogP contribution in [-0.2, 0) is 6.42 Å². The number of hydrogen-bond donors (Lipinski definition) is 1. The van der Waals surface area contributed by atoms with Gasteiger partial charge in [-0.25, -0.2) is 0 Å². The highest BCUT2D eigenvalue weighted by atomic mass is 32.1. The van der Waals surface area contributed by atoms with Crippen LogP contribution in [0.3, 0.4) is 0 Å². The Kier molecular flexibility index (Phi) is 2.00. The standard InChI is InChI=1S/C5H8N2OS/c1-2-3-4-6-5(8)9-7-4/h2-3H2,1H3,(H,6,7,8). The maximum absolute atomic E-state index is 10.5. The van der Waals surface area contributed by atoms with Gasteiger partial charge in [0, 0.05) is 18.0 Å². The third-order valence-electron chi connectivity index (χ3n) is 0.972. The fourth-order valence-electron chi connectivity index (χ4n) is 0.605. The predicted molar refractivity (Wildman–Crippen MR) is 36.7 cm³/mol. The molecular formula is C5H8N2OS. The fourth-order valence-corrected chi connectivity index (χ4v) is 1.10. The van der Waals surface area contributed by atoms with E-state index in [-0.39, 0.29) is 4.87 Å². The van der Waals surface area contributed by atoms with E-state index in [2.05, 4.69) is 16.3 Å². The summed E-state index contributed by atoms with van der Waals surface area (Å²) in [7, 11) is 0. The molecule has 0 aliphatic rings. The third-order valence-corrected chi connectivity index (χ3v) is 1.55. The lowest BCUT2D eigenvalue weighted by atomic mass is 10.3. The van der Waals surface area contributed by atoms with Gasteiger partial charge in [-0.05, 0) is 6.42 Å². The molecule has 4 heteroatoms. The first-order valence-corrected chi connectivity index (χ1v) is 3.65. The van der Waals surface area contributed by atoms with E-state index < -0.39 is 0 Å². The number of aryl methyl sites for hydroxylation is 1. The second kappa shape index (κ2) is 2.77. The van der Waals surface area contributed by atoms with Gasteiger partial charge < -0.3 is 0 Å². The van der Waals surface area contributed by atoms with Gasteiger partial charge in [0.05, 0.1) is 0 Å². The van der Waals surface area contributed by atoms with Crippen LogP contribution in [0, 0.1) is 0 Å². The molecule has 0 amide bonds. The van der Waals surface area contributed by atoms with Gasteiger partial charge in [0.1, 0.15) is 5.82 Å². The van der Waals surface area contributed by atoms with Crippen LogP contribution in [0.4, 0.5) is 0 Å². The Morgan fingerprint density at radius 2 is 2.56 bits per heavy atom. The Labute approximate surface area is 56.9 Å². The highest BCUT2D eigenvalue weighted by molar-refractivity contribution is 7.02. The Morgan fingerprint density at radius 1 is 1.78 bits per heavy atom. The molecule has 0 spiro atoms. The van der Waals surface area contributed by atoms with Crippen molar-refractivity contribution in [3.05, 3.63) is 15.5 Å². The van der Waals surface area contributed by atoms with Crippen molar-refractivity contribution in [2.75, 3.05) is 0 Å². The number of aromatic amines is 1. The molecule has 0 radical (unpaired) electrons. The monoisotopic (exact) mass is 144 g/mol. The molecule has 0 fully saturated rings. The molecule has 0 atom stereocenters. The molecule has 0 aliphatic carbocycles. The van der Waals surface area contributed by atoms with E-state index in [1.54, 1.807) is 0 Å². The molecule has 0 saturated carbocycles. The average molecular weight is 144 g/mol. The largest absolute Gasteiger partial charge is 0.323 e. The second-order valence-electron chi connectivity index (χ2n) is 1.79. The first-order chi connectivity index (χ1) is 4.33. The topological polar surface area (TPSA) is 45.8 Å². The van der Waals surface area contributed by atoms with Gasteiger partial charge in [-0.15, -0.1) is 0 Å². The quantitative estimate of drug-likeness (QED) is 0.666. The van der Waals surface area contributed by atoms with Crippen molar-refractivity contribution in [3.8, 4) is 0 Å². The number of nitrogens with zero attached hydrogens (tertiary/aromatic N) is 1. The average Bonchev–Trinajstić information content (AvgIpc) is 2.17. The molecule has 1 N–H and O–H groups in total. The molecule has 0 saturated heterocycles. The van der Waals surface area contributed by atoms with Crippen LogP contribution >= 0.6 is 11.5 Å². The Balaban J connectivity index is 2.73. The SMILES string of the molecule is CCCc1nsc(=O)[nH]1. The summed E-state index contributed by atoms with van der Waals surface area (Å²) in [6.07, 6.45) is 1.90. The lowest BCUT2D eigenvalue weighted by Crippen LogP contribution is -1.94. The van der Waals surface area contributed by atoms with Crippen LogP contribution in [0.15, 0.2) is 4.79 Å². The van der Waals surface area contributed by atoms with Crippen molar-refractivity contribution in [2.45, 2.75) is 19.8 Å². The maximum atomic E-state index is 10.5. The summed E-state index contributed by atoms with van der Waals surface area (Å²) >= 11 is 0.983. The van der Waals surface area contributed by atoms with Crippen molar-refractivity contribution < 1.29 is 0 Å². The van der Waals surface area contributed by atoms with Crippen molar-refractivity contribution in [1.82, 2.24) is 9.36 Å². The van der Waals surface area contributed by atoms with Crippen molar-refractivity contribution >= 4 is 11.5 Å². The second-order valence-corrected chi connectivity index (χ2v) is 2.53. The zero-order valence-corrected chi connectivity index (χ0v) is 5.99. The normalized spacial score (nSPS) is 9.89. The summed E-state index contributed by atoms with van der Waals surface area (Å²) in [6, 6.07) is 0. The summed E-state index contributed by atoms with van der Waals surface area (Å²) in [5.41, 5.74) is 0. The van der Waals surface area contributed by atoms with Crippen LogP contribution < -0.4 is 4.87 Å². The highest BCUT2D eigenvalue weighted by Gasteiger charge is 1.93. The molecule has 1 rings (SSSR count). The predicted octanol–water partition coefficient (Wildman–Crippen LogP) is 0.784. The van der Waals surface area contributed by atoms with Gasteiger partial charge in [-0.3, -0.25) is 9.78 Å². The smallest absolute Gasteiger partial charge is 0.300 e. The first-order valence-electron chi connectivity index (χ1n) is 2.88. The van der Waals surface area contributed by atoms with E-state index in [9.17, 15) is 4.79 Å². The van der Waals surface area contributed by atoms with Gasteiger partial charge in [0.2, 0.25) is 0 Å². The minimum absolute atomic E-state index is 0.0570. The van der Waals surface area contributed by atoms with E-state index in [1.807, 2.05) is 0 Å². The number of hydrogen-bond acceptors (Lipinski definition) is 3. The minimum Gasteiger partial charge on any atom is -0.300 e. The molecule has 0 aromatic carbocycles. The van der Waals surface area contributed by atoms with Crippen molar-refractivity contribution in [3.63, 3.8) is 0 Å². The number of H-pyrrole nitrogens is 1. The van der Waals surface area contributed by atoms with E-state index in [1.165, 1.54) is 0 Å². The van der Waals surface area contributed by atoms with E-state index >= 15 is 0 Å². The van der Waals surface area contributed by atoms with E-state index in [4.69, 9.17) is 0 Å². The van der Waals surface area contributed by atoms with Gasteiger partial charge in [0.25, 0.3) is 0 Å². The lowest BCUT2D eigenvalue weighted by Gasteiger charge is -1.84. The molecule has 50 valence electrons. The molecule has 9 heavy (non-hydrogen) atoms. The van der Waals surface area contributed by atoms with Crippen LogP contribution in [0.2, 0.25) is 0 Å². The van der Waals surface area contributed by atoms with Crippen LogP contribution in [0.5, 0.6) is 0 Å². The van der Waals surface area contributed by atoms with E-state index in [0.717, 1.165) is 30.2 Å². The summed E-state index contributed by atoms with van der Waals surface area (Å²) in [5, 5.41) is 0. The van der Waals surface area contributed by atoms with Gasteiger partial charge in [-0.2, -0.15) is 4.37 Å². The molecule has 0 unspecified atom stereocenters. The first kappa shape index (κ1) is 6.48. The molecule has 1 aromatic heterocycles. The third kappa shape index (κ3) is 1.64. The van der Waals surface area contributed by atoms with Crippen molar-refractivity contribution in [2.24, 2.45) is 0 Å². The zero-order chi connectivity index (χ0) is 6.69. The Hall–Kier alpha value is -0.640. The van der Waals surface area contributed by atoms with Crippen LogP contribution in [-0.4, -0.2) is 9.36 Å². The molecule has 3 nitrogen and oxygen atoms in total. The molecule has 0 aliphatic heterocycles.